The lowest BCUT2D eigenvalue weighted by Crippen LogP contribution is -2.25. The van der Waals surface area contributed by atoms with E-state index < -0.39 is 4.92 Å². The van der Waals surface area contributed by atoms with Crippen molar-refractivity contribution in [2.45, 2.75) is 38.8 Å². The van der Waals surface area contributed by atoms with Crippen LogP contribution < -0.4 is 5.32 Å². The van der Waals surface area contributed by atoms with E-state index in [1.807, 2.05) is 0 Å². The van der Waals surface area contributed by atoms with Gasteiger partial charge in [0, 0.05) is 24.7 Å². The monoisotopic (exact) mass is 268 g/mol. The molecule has 98 valence electrons. The summed E-state index contributed by atoms with van der Waals surface area (Å²) >= 11 is 6.04. The van der Waals surface area contributed by atoms with Crippen LogP contribution in [0.25, 0.3) is 0 Å². The van der Waals surface area contributed by atoms with Gasteiger partial charge < -0.3 is 5.32 Å². The number of benzene rings is 1. The van der Waals surface area contributed by atoms with Crippen molar-refractivity contribution < 1.29 is 4.92 Å². The van der Waals surface area contributed by atoms with Crippen LogP contribution in [0.3, 0.4) is 0 Å². The average Bonchev–Trinajstić information content (AvgIpc) is 2.73. The summed E-state index contributed by atoms with van der Waals surface area (Å²) < 4.78 is 0. The fraction of sp³-hybridized carbons (Fsp3) is 0.538. The second-order valence-electron chi connectivity index (χ2n) is 5.03. The average molecular weight is 269 g/mol. The van der Waals surface area contributed by atoms with Gasteiger partial charge in [0.1, 0.15) is 0 Å². The topological polar surface area (TPSA) is 55.2 Å². The van der Waals surface area contributed by atoms with Gasteiger partial charge in [-0.2, -0.15) is 0 Å². The number of nitrogens with one attached hydrogen (secondary N) is 1. The maximum absolute atomic E-state index is 10.6. The van der Waals surface area contributed by atoms with Gasteiger partial charge in [0.25, 0.3) is 5.69 Å². The van der Waals surface area contributed by atoms with E-state index in [0.717, 1.165) is 11.5 Å². The van der Waals surface area contributed by atoms with Crippen molar-refractivity contribution >= 4 is 17.3 Å². The van der Waals surface area contributed by atoms with E-state index in [-0.39, 0.29) is 5.69 Å². The number of hydrogen-bond donors (Lipinski definition) is 1. The number of halogens is 1. The van der Waals surface area contributed by atoms with Crippen LogP contribution in [0.4, 0.5) is 5.69 Å². The molecule has 1 aliphatic carbocycles. The van der Waals surface area contributed by atoms with Crippen molar-refractivity contribution in [2.75, 3.05) is 0 Å². The third-order valence-electron chi connectivity index (χ3n) is 3.52. The highest BCUT2D eigenvalue weighted by molar-refractivity contribution is 6.31. The molecule has 0 saturated heterocycles. The summed E-state index contributed by atoms with van der Waals surface area (Å²) in [5.74, 6) is 0.787. The molecule has 1 N–H and O–H groups in total. The molecule has 0 aliphatic heterocycles. The van der Waals surface area contributed by atoms with Crippen LogP contribution in [0, 0.1) is 16.0 Å². The summed E-state index contributed by atoms with van der Waals surface area (Å²) in [5.41, 5.74) is 0.958. The minimum Gasteiger partial charge on any atom is -0.310 e. The van der Waals surface area contributed by atoms with E-state index >= 15 is 0 Å². The van der Waals surface area contributed by atoms with Gasteiger partial charge in [0.2, 0.25) is 0 Å². The molecule has 0 radical (unpaired) electrons. The maximum atomic E-state index is 10.6. The number of non-ortho nitro benzene ring substituents is 1. The lowest BCUT2D eigenvalue weighted by molar-refractivity contribution is -0.384. The highest BCUT2D eigenvalue weighted by atomic mass is 35.5. The molecule has 0 heterocycles. The molecular weight excluding hydrogens is 252 g/mol. The van der Waals surface area contributed by atoms with Crippen LogP contribution in [0.15, 0.2) is 18.2 Å². The van der Waals surface area contributed by atoms with E-state index in [1.54, 1.807) is 6.07 Å². The molecule has 1 saturated carbocycles. The van der Waals surface area contributed by atoms with E-state index in [2.05, 4.69) is 12.2 Å². The third-order valence-corrected chi connectivity index (χ3v) is 3.88. The molecule has 4 nitrogen and oxygen atoms in total. The van der Waals surface area contributed by atoms with Crippen LogP contribution in [-0.2, 0) is 6.54 Å². The van der Waals surface area contributed by atoms with Crippen LogP contribution >= 0.6 is 11.6 Å². The first-order valence-electron chi connectivity index (χ1n) is 6.22. The zero-order chi connectivity index (χ0) is 13.1. The zero-order valence-electron chi connectivity index (χ0n) is 10.4. The Morgan fingerprint density at radius 1 is 1.50 bits per heavy atom. The van der Waals surface area contributed by atoms with Gasteiger partial charge in [0.05, 0.1) is 9.95 Å². The van der Waals surface area contributed by atoms with Crippen molar-refractivity contribution in [1.29, 1.82) is 0 Å². The highest BCUT2D eigenvalue weighted by Gasteiger charge is 2.20. The number of nitrogens with zero attached hydrogens (tertiary/aromatic N) is 1. The third kappa shape index (κ3) is 3.21. The number of rotatable bonds is 4. The second-order valence-corrected chi connectivity index (χ2v) is 5.44. The zero-order valence-corrected chi connectivity index (χ0v) is 11.1. The molecule has 5 heteroatoms. The molecule has 1 aliphatic rings. The quantitative estimate of drug-likeness (QED) is 0.671. The summed E-state index contributed by atoms with van der Waals surface area (Å²) in [5, 5.41) is 14.5. The summed E-state index contributed by atoms with van der Waals surface area (Å²) in [6, 6.07) is 5.19. The first-order chi connectivity index (χ1) is 8.56. The smallest absolute Gasteiger partial charge is 0.270 e. The Hall–Kier alpha value is -1.13. The molecule has 2 unspecified atom stereocenters. The molecule has 0 aromatic heterocycles. The largest absolute Gasteiger partial charge is 0.310 e. The van der Waals surface area contributed by atoms with Crippen molar-refractivity contribution in [3.8, 4) is 0 Å². The molecule has 1 aromatic rings. The van der Waals surface area contributed by atoms with Gasteiger partial charge in [0.15, 0.2) is 0 Å². The predicted octanol–water partition coefficient (Wildman–Crippen LogP) is 3.53. The van der Waals surface area contributed by atoms with E-state index in [4.69, 9.17) is 11.6 Å². The normalized spacial score (nSPS) is 23.2. The maximum Gasteiger partial charge on any atom is 0.270 e. The molecule has 2 rings (SSSR count). The fourth-order valence-corrected chi connectivity index (χ4v) is 2.68. The Morgan fingerprint density at radius 2 is 2.28 bits per heavy atom. The Kier molecular flexibility index (Phi) is 4.19. The van der Waals surface area contributed by atoms with Crippen LogP contribution in [0.2, 0.25) is 5.02 Å². The summed E-state index contributed by atoms with van der Waals surface area (Å²) in [7, 11) is 0. The van der Waals surface area contributed by atoms with Gasteiger partial charge in [-0.25, -0.2) is 0 Å². The molecule has 0 amide bonds. The van der Waals surface area contributed by atoms with Crippen molar-refractivity contribution in [2.24, 2.45) is 5.92 Å². The second kappa shape index (κ2) is 5.67. The standard InChI is InChI=1S/C13H17ClN2O2/c1-9-2-4-11(6-9)15-8-10-3-5-12(16(17)18)7-13(10)14/h3,5,7,9,11,15H,2,4,6,8H2,1H3. The van der Waals surface area contributed by atoms with Gasteiger partial charge in [-0.1, -0.05) is 18.5 Å². The number of hydrogen-bond acceptors (Lipinski definition) is 3. The molecule has 1 aromatic carbocycles. The van der Waals surface area contributed by atoms with Gasteiger partial charge in [-0.15, -0.1) is 0 Å². The SMILES string of the molecule is CC1CCC(NCc2ccc([N+](=O)[O-])cc2Cl)C1. The minimum absolute atomic E-state index is 0.0400. The lowest BCUT2D eigenvalue weighted by atomic mass is 10.1. The van der Waals surface area contributed by atoms with Gasteiger partial charge >= 0.3 is 0 Å². The highest BCUT2D eigenvalue weighted by Crippen LogP contribution is 2.26. The van der Waals surface area contributed by atoms with Crippen molar-refractivity contribution in [3.05, 3.63) is 38.9 Å². The van der Waals surface area contributed by atoms with Crippen LogP contribution in [-0.4, -0.2) is 11.0 Å². The first-order valence-corrected chi connectivity index (χ1v) is 6.60. The predicted molar refractivity (Wildman–Crippen MR) is 71.7 cm³/mol. The van der Waals surface area contributed by atoms with Crippen molar-refractivity contribution in [1.82, 2.24) is 5.32 Å². The lowest BCUT2D eigenvalue weighted by Gasteiger charge is -2.13. The minimum atomic E-state index is -0.429. The molecule has 1 fully saturated rings. The van der Waals surface area contributed by atoms with Crippen molar-refractivity contribution in [3.63, 3.8) is 0 Å². The fourth-order valence-electron chi connectivity index (χ4n) is 2.44. The molecule has 18 heavy (non-hydrogen) atoms. The molecule has 0 bridgehead atoms. The summed E-state index contributed by atoms with van der Waals surface area (Å²) in [6.45, 7) is 2.94. The summed E-state index contributed by atoms with van der Waals surface area (Å²) in [6.07, 6.45) is 3.67. The van der Waals surface area contributed by atoms with E-state index in [1.165, 1.54) is 31.4 Å². The molecular formula is C13H17ClN2O2. The Balaban J connectivity index is 1.95. The van der Waals surface area contributed by atoms with E-state index in [0.29, 0.717) is 17.6 Å². The van der Waals surface area contributed by atoms with Gasteiger partial charge in [-0.05, 0) is 36.8 Å². The summed E-state index contributed by atoms with van der Waals surface area (Å²) in [4.78, 5) is 10.2. The first kappa shape index (κ1) is 13.3. The van der Waals surface area contributed by atoms with Gasteiger partial charge in [-0.3, -0.25) is 10.1 Å². The Bertz CT molecular complexity index is 451. The Morgan fingerprint density at radius 3 is 2.83 bits per heavy atom. The Labute approximate surface area is 111 Å². The molecule has 2 atom stereocenters. The van der Waals surface area contributed by atoms with E-state index in [9.17, 15) is 10.1 Å². The molecule has 0 spiro atoms. The van der Waals surface area contributed by atoms with Crippen LogP contribution in [0.1, 0.15) is 31.7 Å². The number of nitro benzene ring substituents is 1. The number of nitro groups is 1. The van der Waals surface area contributed by atoms with Crippen LogP contribution in [0.5, 0.6) is 0 Å².